The lowest BCUT2D eigenvalue weighted by Gasteiger charge is -2.45. The standard InChI is InChI=1S/C62H49B2IN2O2S2/c1-3-5-14-40-22-30-45(31-23-40)68-47-34-55-61-56(35-47)67(44-28-26-42(65)27-29-44)54-39-58-52(38-51(54)63(61)49-18-10-12-20-53(49)66(55)43-16-8-7-9-17-43)64-50-19-11-13-21-57(50)70-59-36-48(37-60(71-58)62(59)64)69-46-32-24-41(25-33-46)15-6-4-2/h7-13,16-39H,3-6,14-15H2,1-2H3. The molecule has 71 heavy (non-hydrogen) atoms. The maximum absolute atomic E-state index is 6.98. The van der Waals surface area contributed by atoms with E-state index in [1.54, 1.807) is 0 Å². The van der Waals surface area contributed by atoms with E-state index >= 15 is 0 Å². The second-order valence-electron chi connectivity index (χ2n) is 19.0. The van der Waals surface area contributed by atoms with Crippen LogP contribution >= 0.6 is 46.1 Å². The van der Waals surface area contributed by atoms with Crippen LogP contribution in [0.25, 0.3) is 0 Å². The number of benzene rings is 9. The fraction of sp³-hybridized carbons (Fsp3) is 0.129. The Morgan fingerprint density at radius 3 is 1.59 bits per heavy atom. The van der Waals surface area contributed by atoms with E-state index in [0.717, 1.165) is 58.6 Å². The Morgan fingerprint density at radius 1 is 0.408 bits per heavy atom. The number of para-hydroxylation sites is 2. The molecule has 9 aromatic carbocycles. The molecule has 0 atom stereocenters. The molecule has 0 radical (unpaired) electrons. The number of halogens is 1. The summed E-state index contributed by atoms with van der Waals surface area (Å²) >= 11 is 6.18. The van der Waals surface area contributed by atoms with E-state index in [1.165, 1.54) is 104 Å². The molecule has 0 saturated carbocycles. The number of anilines is 6. The van der Waals surface area contributed by atoms with Crippen LogP contribution in [0.3, 0.4) is 0 Å². The van der Waals surface area contributed by atoms with Gasteiger partial charge in [-0.1, -0.05) is 146 Å². The highest BCUT2D eigenvalue weighted by Gasteiger charge is 2.46. The number of unbranched alkanes of at least 4 members (excludes halogenated alkanes) is 2. The minimum Gasteiger partial charge on any atom is -0.457 e. The third-order valence-corrected chi connectivity index (χ3v) is 17.5. The van der Waals surface area contributed by atoms with Crippen LogP contribution in [0.2, 0.25) is 0 Å². The van der Waals surface area contributed by atoms with Gasteiger partial charge in [0.25, 0.3) is 6.71 Å². The van der Waals surface area contributed by atoms with Crippen molar-refractivity contribution in [1.82, 2.24) is 0 Å². The van der Waals surface area contributed by atoms with Crippen molar-refractivity contribution < 1.29 is 9.47 Å². The molecule has 344 valence electrons. The molecule has 4 heterocycles. The largest absolute Gasteiger partial charge is 0.457 e. The highest BCUT2D eigenvalue weighted by atomic mass is 127. The Kier molecular flexibility index (Phi) is 11.8. The number of ether oxygens (including phenoxy) is 2. The molecule has 0 aromatic heterocycles. The first-order valence-electron chi connectivity index (χ1n) is 25.0. The predicted octanol–water partition coefficient (Wildman–Crippen LogP) is 14.1. The van der Waals surface area contributed by atoms with E-state index in [9.17, 15) is 0 Å². The van der Waals surface area contributed by atoms with Gasteiger partial charge in [-0.15, -0.1) is 0 Å². The van der Waals surface area contributed by atoms with Crippen molar-refractivity contribution >= 4 is 126 Å². The van der Waals surface area contributed by atoms with Crippen molar-refractivity contribution in [3.8, 4) is 23.0 Å². The summed E-state index contributed by atoms with van der Waals surface area (Å²) in [4.78, 5) is 10.0. The summed E-state index contributed by atoms with van der Waals surface area (Å²) in [7, 11) is 0. The van der Waals surface area contributed by atoms with Crippen molar-refractivity contribution in [1.29, 1.82) is 0 Å². The van der Waals surface area contributed by atoms with Crippen LogP contribution in [0.15, 0.2) is 208 Å². The van der Waals surface area contributed by atoms with Gasteiger partial charge in [-0.2, -0.15) is 0 Å². The molecule has 13 rings (SSSR count). The van der Waals surface area contributed by atoms with Gasteiger partial charge in [0, 0.05) is 69.4 Å². The Morgan fingerprint density at radius 2 is 0.944 bits per heavy atom. The average molecular weight is 1070 g/mol. The van der Waals surface area contributed by atoms with Crippen molar-refractivity contribution in [2.45, 2.75) is 72.0 Å². The van der Waals surface area contributed by atoms with Crippen molar-refractivity contribution in [2.75, 3.05) is 9.80 Å². The molecule has 0 fully saturated rings. The molecule has 4 nitrogen and oxygen atoms in total. The van der Waals surface area contributed by atoms with E-state index in [4.69, 9.17) is 9.47 Å². The van der Waals surface area contributed by atoms with E-state index in [-0.39, 0.29) is 13.4 Å². The molecule has 0 spiro atoms. The first-order chi connectivity index (χ1) is 35.0. The quantitative estimate of drug-likeness (QED) is 0.0893. The topological polar surface area (TPSA) is 24.9 Å². The zero-order valence-corrected chi connectivity index (χ0v) is 43.5. The molecule has 0 unspecified atom stereocenters. The monoisotopic (exact) mass is 1070 g/mol. The summed E-state index contributed by atoms with van der Waals surface area (Å²) < 4.78 is 14.9. The van der Waals surface area contributed by atoms with Crippen LogP contribution in [0.5, 0.6) is 23.0 Å². The summed E-state index contributed by atoms with van der Waals surface area (Å²) in [5.41, 5.74) is 17.4. The molecular formula is C62H49B2IN2O2S2. The molecule has 4 aliphatic rings. The Bertz CT molecular complexity index is 3500. The second kappa shape index (κ2) is 18.7. The minimum absolute atomic E-state index is 0.0494. The van der Waals surface area contributed by atoms with E-state index < -0.39 is 0 Å². The zero-order valence-electron chi connectivity index (χ0n) is 39.7. The van der Waals surface area contributed by atoms with Crippen LogP contribution in [0.4, 0.5) is 34.1 Å². The fourth-order valence-corrected chi connectivity index (χ4v) is 14.0. The van der Waals surface area contributed by atoms with Crippen molar-refractivity contribution in [2.24, 2.45) is 0 Å². The molecular weight excluding hydrogens is 1020 g/mol. The number of hydrogen-bond acceptors (Lipinski definition) is 6. The summed E-state index contributed by atoms with van der Waals surface area (Å²) in [6.45, 7) is 4.50. The van der Waals surface area contributed by atoms with Gasteiger partial charge in [0.05, 0.1) is 0 Å². The molecule has 4 aliphatic heterocycles. The van der Waals surface area contributed by atoms with Crippen molar-refractivity contribution in [3.63, 3.8) is 0 Å². The second-order valence-corrected chi connectivity index (χ2v) is 22.4. The van der Waals surface area contributed by atoms with Crippen molar-refractivity contribution in [3.05, 3.63) is 203 Å². The van der Waals surface area contributed by atoms with Gasteiger partial charge in [0.1, 0.15) is 23.0 Å². The van der Waals surface area contributed by atoms with Gasteiger partial charge in [0.2, 0.25) is 6.71 Å². The highest BCUT2D eigenvalue weighted by Crippen LogP contribution is 2.49. The predicted molar refractivity (Wildman–Crippen MR) is 309 cm³/mol. The maximum atomic E-state index is 6.98. The Balaban J connectivity index is 1.01. The van der Waals surface area contributed by atoms with Crippen LogP contribution < -0.4 is 52.1 Å². The smallest absolute Gasteiger partial charge is 0.252 e. The summed E-state index contributed by atoms with van der Waals surface area (Å²) in [5, 5.41) is 0. The number of nitrogens with zero attached hydrogens (tertiary/aromatic N) is 2. The number of rotatable bonds is 12. The van der Waals surface area contributed by atoms with Gasteiger partial charge < -0.3 is 19.3 Å². The third-order valence-electron chi connectivity index (χ3n) is 14.5. The molecule has 0 aliphatic carbocycles. The zero-order chi connectivity index (χ0) is 47.6. The summed E-state index contributed by atoms with van der Waals surface area (Å²) in [6.07, 6.45) is 6.89. The number of fused-ring (bicyclic) bond motifs is 8. The molecule has 0 bridgehead atoms. The van der Waals surface area contributed by atoms with Crippen LogP contribution in [-0.2, 0) is 12.8 Å². The van der Waals surface area contributed by atoms with E-state index in [0.29, 0.717) is 0 Å². The lowest BCUT2D eigenvalue weighted by molar-refractivity contribution is 0.480. The molecule has 0 amide bonds. The van der Waals surface area contributed by atoms with E-state index in [2.05, 4.69) is 234 Å². The number of hydrogen-bond donors (Lipinski definition) is 0. The first kappa shape index (κ1) is 44.7. The SMILES string of the molecule is CCCCc1ccc(Oc2cc3c4c(c2)Sc2cc5c(cc2B4c2ccccc2S3)B2c3ccccc3N(c3ccccc3)c3cc(Oc4ccc(CCCC)cc4)cc(c32)N5c2ccc(I)cc2)cc1. The van der Waals surface area contributed by atoms with Gasteiger partial charge >= 0.3 is 0 Å². The minimum atomic E-state index is -0.0494. The normalized spacial score (nSPS) is 13.4. The lowest BCUT2D eigenvalue weighted by Crippen LogP contribution is -2.64. The van der Waals surface area contributed by atoms with Crippen LogP contribution in [0, 0.1) is 3.57 Å². The summed E-state index contributed by atoms with van der Waals surface area (Å²) in [6, 6.07) is 69.5. The highest BCUT2D eigenvalue weighted by molar-refractivity contribution is 14.1. The molecule has 9 aromatic rings. The Hall–Kier alpha value is -6.26. The van der Waals surface area contributed by atoms with Crippen LogP contribution in [0.1, 0.15) is 50.7 Å². The molecule has 9 heteroatoms. The van der Waals surface area contributed by atoms with E-state index in [1.807, 2.05) is 23.5 Å². The lowest BCUT2D eigenvalue weighted by atomic mass is 9.31. The first-order valence-corrected chi connectivity index (χ1v) is 27.7. The van der Waals surface area contributed by atoms with Crippen LogP contribution in [-0.4, -0.2) is 13.4 Å². The molecule has 0 saturated heterocycles. The van der Waals surface area contributed by atoms with Gasteiger partial charge in [-0.25, -0.2) is 0 Å². The van der Waals surface area contributed by atoms with Gasteiger partial charge in [0.15, 0.2) is 0 Å². The maximum Gasteiger partial charge on any atom is 0.252 e. The van der Waals surface area contributed by atoms with Gasteiger partial charge in [-0.3, -0.25) is 0 Å². The summed E-state index contributed by atoms with van der Waals surface area (Å²) in [5.74, 6) is 3.36. The fourth-order valence-electron chi connectivity index (χ4n) is 11.2. The Labute approximate surface area is 440 Å². The third kappa shape index (κ3) is 8.05. The van der Waals surface area contributed by atoms with Gasteiger partial charge in [-0.05, 0) is 172 Å². The average Bonchev–Trinajstić information content (AvgIpc) is 3.40. The number of aryl methyl sites for hydroxylation is 2. The molecule has 0 N–H and O–H groups in total.